The first-order chi connectivity index (χ1) is 8.72. The van der Waals surface area contributed by atoms with Crippen LogP contribution in [0, 0.1) is 0 Å². The van der Waals surface area contributed by atoms with Gasteiger partial charge in [-0.15, -0.1) is 0 Å². The van der Waals surface area contributed by atoms with E-state index in [2.05, 4.69) is 0 Å². The standard InChI is InChI=1S/C13H16O5/c1-3-17-13-11-8(4-5-18-13)6-10(16-2)9(7-14)12(11)15/h6-7,13,15H,3-5H2,1-2H3/t13-/m0/s1. The fourth-order valence-corrected chi connectivity index (χ4v) is 2.12. The van der Waals surface area contributed by atoms with Crippen molar-refractivity contribution in [3.63, 3.8) is 0 Å². The number of aromatic hydroxyl groups is 1. The predicted molar refractivity (Wildman–Crippen MR) is 64.1 cm³/mol. The number of hydrogen-bond acceptors (Lipinski definition) is 5. The molecule has 1 atom stereocenters. The van der Waals surface area contributed by atoms with Gasteiger partial charge < -0.3 is 19.3 Å². The Morgan fingerprint density at radius 3 is 3.00 bits per heavy atom. The predicted octanol–water partition coefficient (Wildman–Crippen LogP) is 1.82. The molecule has 0 aromatic heterocycles. The van der Waals surface area contributed by atoms with Crippen molar-refractivity contribution in [2.24, 2.45) is 0 Å². The minimum Gasteiger partial charge on any atom is -0.507 e. The Morgan fingerprint density at radius 1 is 1.61 bits per heavy atom. The van der Waals surface area contributed by atoms with Crippen molar-refractivity contribution in [3.8, 4) is 11.5 Å². The quantitative estimate of drug-likeness (QED) is 0.828. The summed E-state index contributed by atoms with van der Waals surface area (Å²) in [6.45, 7) is 2.82. The van der Waals surface area contributed by atoms with Crippen molar-refractivity contribution in [1.29, 1.82) is 0 Å². The molecular formula is C13H16O5. The second-order valence-electron chi connectivity index (χ2n) is 3.94. The van der Waals surface area contributed by atoms with E-state index in [9.17, 15) is 9.90 Å². The first-order valence-electron chi connectivity index (χ1n) is 5.84. The van der Waals surface area contributed by atoms with Gasteiger partial charge in [0.15, 0.2) is 12.6 Å². The summed E-state index contributed by atoms with van der Waals surface area (Å²) in [5.41, 5.74) is 1.55. The summed E-state index contributed by atoms with van der Waals surface area (Å²) in [7, 11) is 1.47. The van der Waals surface area contributed by atoms with E-state index in [0.717, 1.165) is 5.56 Å². The van der Waals surface area contributed by atoms with Gasteiger partial charge in [-0.3, -0.25) is 4.79 Å². The minimum absolute atomic E-state index is 0.113. The van der Waals surface area contributed by atoms with Crippen LogP contribution in [0.4, 0.5) is 0 Å². The molecule has 2 rings (SSSR count). The van der Waals surface area contributed by atoms with Gasteiger partial charge in [0.2, 0.25) is 0 Å². The average molecular weight is 252 g/mol. The third-order valence-electron chi connectivity index (χ3n) is 2.96. The Labute approximate surface area is 105 Å². The maximum absolute atomic E-state index is 11.0. The van der Waals surface area contributed by atoms with E-state index < -0.39 is 6.29 Å². The van der Waals surface area contributed by atoms with Gasteiger partial charge >= 0.3 is 0 Å². The number of ether oxygens (including phenoxy) is 3. The lowest BCUT2D eigenvalue weighted by Gasteiger charge is -2.27. The zero-order valence-electron chi connectivity index (χ0n) is 10.4. The fourth-order valence-electron chi connectivity index (χ4n) is 2.12. The summed E-state index contributed by atoms with van der Waals surface area (Å²) in [4.78, 5) is 11.0. The van der Waals surface area contributed by atoms with Crippen LogP contribution in [0.3, 0.4) is 0 Å². The lowest BCUT2D eigenvalue weighted by atomic mass is 9.97. The van der Waals surface area contributed by atoms with Gasteiger partial charge in [-0.1, -0.05) is 0 Å². The molecule has 1 aromatic carbocycles. The molecule has 98 valence electrons. The van der Waals surface area contributed by atoms with Crippen LogP contribution in [0.2, 0.25) is 0 Å². The van der Waals surface area contributed by atoms with Crippen molar-refractivity contribution >= 4 is 6.29 Å². The van der Waals surface area contributed by atoms with Gasteiger partial charge in [0.05, 0.1) is 24.8 Å². The summed E-state index contributed by atoms with van der Waals surface area (Å²) in [6, 6.07) is 1.76. The van der Waals surface area contributed by atoms with Crippen molar-refractivity contribution in [1.82, 2.24) is 0 Å². The maximum Gasteiger partial charge on any atom is 0.187 e. The number of methoxy groups -OCH3 is 1. The molecule has 0 bridgehead atoms. The first-order valence-corrected chi connectivity index (χ1v) is 5.84. The Balaban J connectivity index is 2.56. The largest absolute Gasteiger partial charge is 0.507 e. The van der Waals surface area contributed by atoms with Crippen LogP contribution in [0.15, 0.2) is 6.07 Å². The molecule has 0 spiro atoms. The number of hydrogen-bond donors (Lipinski definition) is 1. The minimum atomic E-state index is -0.622. The maximum atomic E-state index is 11.0. The number of phenols is 1. The van der Waals surface area contributed by atoms with Gasteiger partial charge in [0.25, 0.3) is 0 Å². The molecule has 18 heavy (non-hydrogen) atoms. The molecule has 5 heteroatoms. The molecule has 5 nitrogen and oxygen atoms in total. The number of fused-ring (bicyclic) bond motifs is 1. The molecule has 0 unspecified atom stereocenters. The van der Waals surface area contributed by atoms with Crippen LogP contribution in [0.1, 0.15) is 34.7 Å². The fraction of sp³-hybridized carbons (Fsp3) is 0.462. The topological polar surface area (TPSA) is 65.0 Å². The Hall–Kier alpha value is -1.59. The highest BCUT2D eigenvalue weighted by Crippen LogP contribution is 2.40. The van der Waals surface area contributed by atoms with Gasteiger partial charge in [-0.2, -0.15) is 0 Å². The van der Waals surface area contributed by atoms with Crippen molar-refractivity contribution in [2.75, 3.05) is 20.3 Å². The number of phenolic OH excluding ortho intramolecular Hbond substituents is 1. The summed E-state index contributed by atoms with van der Waals surface area (Å²) in [5.74, 6) is 0.260. The van der Waals surface area contributed by atoms with Crippen molar-refractivity contribution in [3.05, 3.63) is 22.8 Å². The van der Waals surface area contributed by atoms with Gasteiger partial charge in [0, 0.05) is 6.61 Å². The van der Waals surface area contributed by atoms with E-state index in [1.54, 1.807) is 6.07 Å². The molecule has 1 aliphatic rings. The van der Waals surface area contributed by atoms with E-state index in [4.69, 9.17) is 14.2 Å². The molecule has 1 aliphatic heterocycles. The molecule has 0 fully saturated rings. The number of rotatable bonds is 4. The lowest BCUT2D eigenvalue weighted by Crippen LogP contribution is -2.19. The first kappa shape index (κ1) is 12.9. The second kappa shape index (κ2) is 5.37. The molecule has 1 N–H and O–H groups in total. The molecule has 1 heterocycles. The van der Waals surface area contributed by atoms with E-state index in [-0.39, 0.29) is 11.3 Å². The van der Waals surface area contributed by atoms with E-state index >= 15 is 0 Å². The zero-order valence-corrected chi connectivity index (χ0v) is 10.4. The highest BCUT2D eigenvalue weighted by atomic mass is 16.7. The van der Waals surface area contributed by atoms with Crippen molar-refractivity contribution < 1.29 is 24.1 Å². The molecular weight excluding hydrogens is 236 g/mol. The monoisotopic (exact) mass is 252 g/mol. The van der Waals surface area contributed by atoms with Crippen molar-refractivity contribution in [2.45, 2.75) is 19.6 Å². The third-order valence-corrected chi connectivity index (χ3v) is 2.96. The highest BCUT2D eigenvalue weighted by molar-refractivity contribution is 5.85. The molecule has 0 aliphatic carbocycles. The van der Waals surface area contributed by atoms with E-state index in [0.29, 0.717) is 37.2 Å². The van der Waals surface area contributed by atoms with E-state index in [1.807, 2.05) is 6.92 Å². The highest BCUT2D eigenvalue weighted by Gasteiger charge is 2.28. The molecule has 0 saturated carbocycles. The zero-order chi connectivity index (χ0) is 13.1. The smallest absolute Gasteiger partial charge is 0.187 e. The summed E-state index contributed by atoms with van der Waals surface area (Å²) in [6.07, 6.45) is 0.608. The second-order valence-corrected chi connectivity index (χ2v) is 3.94. The SMILES string of the molecule is CCO[C@H]1OCCc2cc(OC)c(C=O)c(O)c21. The van der Waals surface area contributed by atoms with Crippen LogP contribution >= 0.6 is 0 Å². The number of carbonyl (C=O) groups is 1. The van der Waals surface area contributed by atoms with Gasteiger partial charge in [-0.25, -0.2) is 0 Å². The number of carbonyl (C=O) groups excluding carboxylic acids is 1. The van der Waals surface area contributed by atoms with E-state index in [1.165, 1.54) is 7.11 Å². The Bertz CT molecular complexity index is 455. The number of aldehydes is 1. The Kier molecular flexibility index (Phi) is 3.84. The normalized spacial score (nSPS) is 18.2. The van der Waals surface area contributed by atoms with Crippen LogP contribution in [-0.2, 0) is 15.9 Å². The summed E-state index contributed by atoms with van der Waals surface area (Å²) >= 11 is 0. The van der Waals surface area contributed by atoms with Gasteiger partial charge in [0.1, 0.15) is 11.5 Å². The molecule has 0 radical (unpaired) electrons. The average Bonchev–Trinajstić information content (AvgIpc) is 2.38. The number of benzene rings is 1. The van der Waals surface area contributed by atoms with Gasteiger partial charge in [-0.05, 0) is 25.0 Å². The van der Waals surface area contributed by atoms with Crippen LogP contribution in [0.5, 0.6) is 11.5 Å². The lowest BCUT2D eigenvalue weighted by molar-refractivity contribution is -0.150. The van der Waals surface area contributed by atoms with Crippen LogP contribution in [-0.4, -0.2) is 31.7 Å². The Morgan fingerprint density at radius 2 is 2.39 bits per heavy atom. The summed E-state index contributed by atoms with van der Waals surface area (Å²) in [5, 5.41) is 10.2. The molecule has 0 amide bonds. The van der Waals surface area contributed by atoms with Crippen LogP contribution < -0.4 is 4.74 Å². The molecule has 1 aromatic rings. The van der Waals surface area contributed by atoms with Crippen LogP contribution in [0.25, 0.3) is 0 Å². The summed E-state index contributed by atoms with van der Waals surface area (Å²) < 4.78 is 16.0. The molecule has 0 saturated heterocycles. The third kappa shape index (κ3) is 2.07.